The van der Waals surface area contributed by atoms with Crippen LogP contribution in [0.4, 0.5) is 34.1 Å². The molecule has 0 fully saturated rings. The molecule has 0 unspecified atom stereocenters. The molecule has 8 aromatic carbocycles. The van der Waals surface area contributed by atoms with Crippen molar-refractivity contribution in [3.8, 4) is 45.3 Å². The molecule has 11 rings (SSSR count). The maximum atomic E-state index is 5.34. The van der Waals surface area contributed by atoms with E-state index in [1.165, 1.54) is 22.3 Å². The molecule has 298 valence electrons. The summed E-state index contributed by atoms with van der Waals surface area (Å²) < 4.78 is 0. The van der Waals surface area contributed by atoms with E-state index < -0.39 is 0 Å². The van der Waals surface area contributed by atoms with Crippen molar-refractivity contribution in [3.63, 3.8) is 0 Å². The van der Waals surface area contributed by atoms with Crippen molar-refractivity contribution in [2.24, 2.45) is 0 Å². The van der Waals surface area contributed by atoms with Gasteiger partial charge in [0, 0.05) is 38.9 Å². The molecule has 2 aliphatic heterocycles. The maximum absolute atomic E-state index is 5.34. The van der Waals surface area contributed by atoms with Crippen LogP contribution in [0.2, 0.25) is 0 Å². The Kier molecular flexibility index (Phi) is 8.76. The van der Waals surface area contributed by atoms with Gasteiger partial charge in [-0.1, -0.05) is 185 Å². The summed E-state index contributed by atoms with van der Waals surface area (Å²) in [4.78, 5) is 20.6. The SMILES string of the molecule is CC1(C)c2ccccc2N(c2cc(-c3nc(-c4ccccc4)nc(-c4ccc(-c5ccccc5)cc4)n3)cc(N3c4ccccc4C(C)(C)c4ccccc43)c2)c2ccccc21. The normalized spacial score (nSPS) is 14.3. The number of hydrogen-bond donors (Lipinski definition) is 0. The minimum absolute atomic E-state index is 0.204. The van der Waals surface area contributed by atoms with E-state index in [-0.39, 0.29) is 10.8 Å². The average Bonchev–Trinajstić information content (AvgIpc) is 3.32. The molecule has 0 N–H and O–H groups in total. The lowest BCUT2D eigenvalue weighted by molar-refractivity contribution is 0.631. The van der Waals surface area contributed by atoms with E-state index in [9.17, 15) is 0 Å². The Hall–Kier alpha value is -7.63. The van der Waals surface area contributed by atoms with Crippen LogP contribution < -0.4 is 9.80 Å². The first-order chi connectivity index (χ1) is 30.3. The lowest BCUT2D eigenvalue weighted by Crippen LogP contribution is -2.31. The molecule has 9 aromatic rings. The molecule has 0 saturated heterocycles. The Bertz CT molecular complexity index is 2910. The molecule has 2 aliphatic rings. The fourth-order valence-electron chi connectivity index (χ4n) is 9.67. The Morgan fingerprint density at radius 2 is 0.581 bits per heavy atom. The summed E-state index contributed by atoms with van der Waals surface area (Å²) in [6.07, 6.45) is 0. The number of rotatable bonds is 6. The molecule has 0 amide bonds. The van der Waals surface area contributed by atoms with Crippen LogP contribution in [0.1, 0.15) is 49.9 Å². The van der Waals surface area contributed by atoms with Gasteiger partial charge >= 0.3 is 0 Å². The third-order valence-electron chi connectivity index (χ3n) is 12.9. The second-order valence-corrected chi connectivity index (χ2v) is 17.3. The van der Waals surface area contributed by atoms with Crippen molar-refractivity contribution in [1.29, 1.82) is 0 Å². The zero-order chi connectivity index (χ0) is 42.0. The highest BCUT2D eigenvalue weighted by Gasteiger charge is 2.39. The Balaban J connectivity index is 1.17. The predicted octanol–water partition coefficient (Wildman–Crippen LogP) is 14.8. The van der Waals surface area contributed by atoms with Gasteiger partial charge in [-0.15, -0.1) is 0 Å². The molecule has 0 atom stereocenters. The fourth-order valence-corrected chi connectivity index (χ4v) is 9.67. The van der Waals surface area contributed by atoms with Gasteiger partial charge in [0.15, 0.2) is 17.5 Å². The second-order valence-electron chi connectivity index (χ2n) is 17.3. The number of aromatic nitrogens is 3. The lowest BCUT2D eigenvalue weighted by atomic mass is 9.73. The van der Waals surface area contributed by atoms with E-state index in [1.807, 2.05) is 24.3 Å². The van der Waals surface area contributed by atoms with Gasteiger partial charge in [0.25, 0.3) is 0 Å². The first-order valence-electron chi connectivity index (χ1n) is 21.4. The van der Waals surface area contributed by atoms with E-state index in [4.69, 9.17) is 15.0 Å². The average molecular weight is 800 g/mol. The quantitative estimate of drug-likeness (QED) is 0.168. The van der Waals surface area contributed by atoms with Crippen LogP contribution in [0, 0.1) is 0 Å². The molecule has 0 bridgehead atoms. The summed E-state index contributed by atoms with van der Waals surface area (Å²) in [5.74, 6) is 1.84. The van der Waals surface area contributed by atoms with Crippen LogP contribution in [0.3, 0.4) is 0 Å². The molecule has 0 saturated carbocycles. The van der Waals surface area contributed by atoms with Gasteiger partial charge in [-0.25, -0.2) is 15.0 Å². The van der Waals surface area contributed by atoms with Gasteiger partial charge in [-0.3, -0.25) is 0 Å². The molecule has 3 heterocycles. The monoisotopic (exact) mass is 799 g/mol. The van der Waals surface area contributed by atoms with Gasteiger partial charge < -0.3 is 9.80 Å². The highest BCUT2D eigenvalue weighted by molar-refractivity contribution is 5.93. The van der Waals surface area contributed by atoms with E-state index in [1.54, 1.807) is 0 Å². The summed E-state index contributed by atoms with van der Waals surface area (Å²) in [5, 5.41) is 0. The fraction of sp³-hybridized carbons (Fsp3) is 0.105. The largest absolute Gasteiger partial charge is 0.310 e. The van der Waals surface area contributed by atoms with Crippen LogP contribution in [0.5, 0.6) is 0 Å². The van der Waals surface area contributed by atoms with Gasteiger partial charge in [-0.2, -0.15) is 0 Å². The van der Waals surface area contributed by atoms with Crippen LogP contribution in [0.25, 0.3) is 45.3 Å². The minimum Gasteiger partial charge on any atom is -0.310 e. The van der Waals surface area contributed by atoms with Gasteiger partial charge in [-0.05, 0) is 75.8 Å². The summed E-state index contributed by atoms with van der Waals surface area (Å²) in [7, 11) is 0. The maximum Gasteiger partial charge on any atom is 0.164 e. The van der Waals surface area contributed by atoms with E-state index in [0.29, 0.717) is 17.5 Å². The summed E-state index contributed by atoms with van der Waals surface area (Å²) in [6.45, 7) is 9.32. The molecule has 0 radical (unpaired) electrons. The molecule has 0 aliphatic carbocycles. The topological polar surface area (TPSA) is 45.2 Å². The smallest absolute Gasteiger partial charge is 0.164 e. The highest BCUT2D eigenvalue weighted by atomic mass is 15.2. The third-order valence-corrected chi connectivity index (χ3v) is 12.9. The summed E-state index contributed by atoms with van der Waals surface area (Å²) >= 11 is 0. The summed E-state index contributed by atoms with van der Waals surface area (Å²) in [6, 6.07) is 71.3. The van der Waals surface area contributed by atoms with Crippen molar-refractivity contribution in [2.45, 2.75) is 38.5 Å². The number of fused-ring (bicyclic) bond motifs is 4. The number of hydrogen-bond acceptors (Lipinski definition) is 5. The van der Waals surface area contributed by atoms with Crippen molar-refractivity contribution in [2.75, 3.05) is 9.80 Å². The number of para-hydroxylation sites is 4. The van der Waals surface area contributed by atoms with Crippen molar-refractivity contribution in [3.05, 3.63) is 222 Å². The van der Waals surface area contributed by atoms with Crippen molar-refractivity contribution in [1.82, 2.24) is 15.0 Å². The van der Waals surface area contributed by atoms with Gasteiger partial charge in [0.2, 0.25) is 0 Å². The van der Waals surface area contributed by atoms with Crippen molar-refractivity contribution >= 4 is 34.1 Å². The molecule has 5 heteroatoms. The van der Waals surface area contributed by atoms with Crippen LogP contribution in [-0.4, -0.2) is 15.0 Å². The third kappa shape index (κ3) is 6.11. The highest BCUT2D eigenvalue weighted by Crippen LogP contribution is 2.55. The first kappa shape index (κ1) is 37.4. The number of nitrogens with zero attached hydrogens (tertiary/aromatic N) is 5. The lowest BCUT2D eigenvalue weighted by Gasteiger charge is -2.43. The van der Waals surface area contributed by atoms with Gasteiger partial charge in [0.1, 0.15) is 0 Å². The van der Waals surface area contributed by atoms with Crippen LogP contribution in [-0.2, 0) is 10.8 Å². The second kappa shape index (κ2) is 14.5. The van der Waals surface area contributed by atoms with E-state index in [2.05, 4.69) is 213 Å². The molecule has 62 heavy (non-hydrogen) atoms. The molecule has 5 nitrogen and oxygen atoms in total. The van der Waals surface area contributed by atoms with Gasteiger partial charge in [0.05, 0.1) is 22.7 Å². The minimum atomic E-state index is -0.204. The Labute approximate surface area is 363 Å². The van der Waals surface area contributed by atoms with Crippen LogP contribution >= 0.6 is 0 Å². The number of anilines is 6. The molecule has 0 spiro atoms. The number of benzene rings is 8. The molecular formula is C57H45N5. The van der Waals surface area contributed by atoms with E-state index in [0.717, 1.165) is 61.9 Å². The molecular weight excluding hydrogens is 755 g/mol. The first-order valence-corrected chi connectivity index (χ1v) is 21.4. The zero-order valence-electron chi connectivity index (χ0n) is 35.3. The predicted molar refractivity (Wildman–Crippen MR) is 255 cm³/mol. The van der Waals surface area contributed by atoms with Crippen LogP contribution in [0.15, 0.2) is 200 Å². The van der Waals surface area contributed by atoms with Crippen molar-refractivity contribution < 1.29 is 0 Å². The zero-order valence-corrected chi connectivity index (χ0v) is 35.3. The molecule has 1 aromatic heterocycles. The van der Waals surface area contributed by atoms with E-state index >= 15 is 0 Å². The summed E-state index contributed by atoms with van der Waals surface area (Å²) in [5.41, 5.74) is 16.4. The Morgan fingerprint density at radius 1 is 0.290 bits per heavy atom. The standard InChI is InChI=1S/C57H45N5/c1-56(2)45-23-11-15-27-49(45)61(50-28-16-12-24-46(50)56)43-35-42(36-44(37-43)62-51-29-17-13-25-47(51)57(3,4)48-26-14-18-30-52(48)62)55-59-53(40-21-9-6-10-22-40)58-54(60-55)41-33-31-39(32-34-41)38-19-7-5-8-20-38/h5-37H,1-4H3. The Morgan fingerprint density at radius 3 is 0.984 bits per heavy atom.